The van der Waals surface area contributed by atoms with Crippen molar-refractivity contribution >= 4 is 27.7 Å². The Labute approximate surface area is 146 Å². The molecule has 0 saturated carbocycles. The molecule has 1 rings (SSSR count). The van der Waals surface area contributed by atoms with Gasteiger partial charge in [0.1, 0.15) is 12.1 Å². The standard InChI is InChI=1S/C13H24ClNO8S/c1-13(10-23-12(17)15(13)14)11-24(18,19)9-8-22-7-6-21-5-4-20-3-2-16/h16H,2-11H2,1H3. The van der Waals surface area contributed by atoms with E-state index in [9.17, 15) is 13.2 Å². The van der Waals surface area contributed by atoms with Crippen molar-refractivity contribution in [1.82, 2.24) is 4.42 Å². The van der Waals surface area contributed by atoms with Gasteiger partial charge in [-0.2, -0.15) is 0 Å². The number of nitrogens with zero attached hydrogens (tertiary/aromatic N) is 1. The Morgan fingerprint density at radius 2 is 1.71 bits per heavy atom. The van der Waals surface area contributed by atoms with Gasteiger partial charge in [-0.25, -0.2) is 17.6 Å². The van der Waals surface area contributed by atoms with Gasteiger partial charge in [0.2, 0.25) is 0 Å². The van der Waals surface area contributed by atoms with Gasteiger partial charge in [-0.1, -0.05) is 0 Å². The molecule has 1 N–H and O–H groups in total. The summed E-state index contributed by atoms with van der Waals surface area (Å²) in [7, 11) is -3.46. The van der Waals surface area contributed by atoms with Crippen LogP contribution >= 0.6 is 11.8 Å². The largest absolute Gasteiger partial charge is 0.446 e. The fraction of sp³-hybridized carbons (Fsp3) is 0.923. The van der Waals surface area contributed by atoms with Crippen LogP contribution in [0.1, 0.15) is 6.92 Å². The van der Waals surface area contributed by atoms with E-state index in [1.54, 1.807) is 6.92 Å². The van der Waals surface area contributed by atoms with E-state index in [1.165, 1.54) is 0 Å². The summed E-state index contributed by atoms with van der Waals surface area (Å²) >= 11 is 5.76. The zero-order valence-corrected chi connectivity index (χ0v) is 15.2. The van der Waals surface area contributed by atoms with Gasteiger partial charge in [-0.3, -0.25) is 0 Å². The van der Waals surface area contributed by atoms with Crippen LogP contribution in [-0.2, 0) is 28.8 Å². The Morgan fingerprint density at radius 3 is 2.21 bits per heavy atom. The summed E-state index contributed by atoms with van der Waals surface area (Å²) in [6.45, 7) is 3.08. The first-order valence-electron chi connectivity index (χ1n) is 7.48. The van der Waals surface area contributed by atoms with Crippen LogP contribution in [-0.4, -0.2) is 93.9 Å². The molecule has 1 aliphatic rings. The predicted molar refractivity (Wildman–Crippen MR) is 85.6 cm³/mol. The summed E-state index contributed by atoms with van der Waals surface area (Å²) in [6.07, 6.45) is -0.745. The fourth-order valence-electron chi connectivity index (χ4n) is 1.99. The van der Waals surface area contributed by atoms with Crippen molar-refractivity contribution in [3.8, 4) is 0 Å². The molecule has 0 aliphatic carbocycles. The summed E-state index contributed by atoms with van der Waals surface area (Å²) in [5, 5.41) is 8.50. The smallest absolute Gasteiger partial charge is 0.425 e. The molecule has 0 aromatic rings. The number of aliphatic hydroxyl groups excluding tert-OH is 1. The number of ether oxygens (including phenoxy) is 4. The average molecular weight is 390 g/mol. The van der Waals surface area contributed by atoms with E-state index in [0.717, 1.165) is 4.42 Å². The number of halogens is 1. The van der Waals surface area contributed by atoms with E-state index in [0.29, 0.717) is 19.8 Å². The lowest BCUT2D eigenvalue weighted by Gasteiger charge is -2.25. The van der Waals surface area contributed by atoms with Crippen molar-refractivity contribution in [1.29, 1.82) is 0 Å². The Bertz CT molecular complexity index is 488. The summed E-state index contributed by atoms with van der Waals surface area (Å²) < 4.78 is 45.1. The number of sulfone groups is 1. The van der Waals surface area contributed by atoms with Crippen molar-refractivity contribution in [2.24, 2.45) is 0 Å². The summed E-state index contributed by atoms with van der Waals surface area (Å²) in [5.41, 5.74) is -1.07. The number of carbonyl (C=O) groups is 1. The first kappa shape index (κ1) is 21.4. The molecule has 1 saturated heterocycles. The number of rotatable bonds is 13. The van der Waals surface area contributed by atoms with Crippen LogP contribution in [0.2, 0.25) is 0 Å². The van der Waals surface area contributed by atoms with E-state index in [4.69, 9.17) is 35.8 Å². The second kappa shape index (κ2) is 10.4. The molecule has 1 heterocycles. The fourth-order valence-corrected chi connectivity index (χ4v) is 3.89. The Balaban J connectivity index is 2.12. The lowest BCUT2D eigenvalue weighted by molar-refractivity contribution is 0.00989. The normalized spacial score (nSPS) is 21.3. The van der Waals surface area contributed by atoms with Gasteiger partial charge >= 0.3 is 6.09 Å². The Kier molecular flexibility index (Phi) is 9.24. The average Bonchev–Trinajstić information content (AvgIpc) is 2.76. The SMILES string of the molecule is CC1(CS(=O)(=O)CCOCCOCCOCCO)COC(=O)N1Cl. The highest BCUT2D eigenvalue weighted by molar-refractivity contribution is 7.91. The molecule has 1 amide bonds. The van der Waals surface area contributed by atoms with Crippen molar-refractivity contribution in [3.05, 3.63) is 0 Å². The van der Waals surface area contributed by atoms with Gasteiger partial charge in [0.25, 0.3) is 0 Å². The maximum Gasteiger partial charge on any atom is 0.425 e. The minimum absolute atomic E-state index is 0.0277. The highest BCUT2D eigenvalue weighted by Crippen LogP contribution is 2.27. The molecule has 1 atom stereocenters. The maximum absolute atomic E-state index is 12.1. The first-order valence-corrected chi connectivity index (χ1v) is 9.64. The monoisotopic (exact) mass is 389 g/mol. The van der Waals surface area contributed by atoms with E-state index in [-0.39, 0.29) is 44.5 Å². The number of hydrogen-bond donors (Lipinski definition) is 1. The minimum atomic E-state index is -3.46. The van der Waals surface area contributed by atoms with Crippen LogP contribution < -0.4 is 0 Å². The molecular weight excluding hydrogens is 366 g/mol. The van der Waals surface area contributed by atoms with E-state index >= 15 is 0 Å². The lowest BCUT2D eigenvalue weighted by atomic mass is 10.1. The van der Waals surface area contributed by atoms with Gasteiger partial charge in [-0.15, -0.1) is 0 Å². The molecule has 1 aliphatic heterocycles. The van der Waals surface area contributed by atoms with Crippen molar-refractivity contribution in [2.75, 3.05) is 64.4 Å². The number of hydrogen-bond acceptors (Lipinski definition) is 8. The maximum atomic E-state index is 12.1. The zero-order chi connectivity index (χ0) is 18.1. The molecule has 0 aromatic heterocycles. The molecule has 1 unspecified atom stereocenters. The predicted octanol–water partition coefficient (Wildman–Crippen LogP) is -0.192. The Hall–Kier alpha value is -0.650. The van der Waals surface area contributed by atoms with Crippen LogP contribution in [0.4, 0.5) is 4.79 Å². The van der Waals surface area contributed by atoms with Gasteiger partial charge in [0, 0.05) is 11.8 Å². The molecule has 24 heavy (non-hydrogen) atoms. The van der Waals surface area contributed by atoms with Crippen molar-refractivity contribution in [3.63, 3.8) is 0 Å². The van der Waals surface area contributed by atoms with E-state index < -0.39 is 21.5 Å². The van der Waals surface area contributed by atoms with Gasteiger partial charge in [0.05, 0.1) is 57.8 Å². The minimum Gasteiger partial charge on any atom is -0.446 e. The number of aliphatic hydroxyl groups is 1. The topological polar surface area (TPSA) is 112 Å². The third-order valence-corrected chi connectivity index (χ3v) is 5.59. The third kappa shape index (κ3) is 7.49. The molecule has 142 valence electrons. The summed E-state index contributed by atoms with van der Waals surface area (Å²) in [5.74, 6) is -0.474. The van der Waals surface area contributed by atoms with Crippen LogP contribution in [0, 0.1) is 0 Å². The van der Waals surface area contributed by atoms with Crippen molar-refractivity contribution < 1.29 is 37.3 Å². The van der Waals surface area contributed by atoms with Crippen LogP contribution in [0.25, 0.3) is 0 Å². The molecular formula is C13H24ClNO8S. The number of amides is 1. The number of cyclic esters (lactones) is 1. The molecule has 11 heteroatoms. The molecule has 9 nitrogen and oxygen atoms in total. The van der Waals surface area contributed by atoms with Gasteiger partial charge in [0.15, 0.2) is 9.84 Å². The van der Waals surface area contributed by atoms with E-state index in [1.807, 2.05) is 0 Å². The molecule has 0 spiro atoms. The highest BCUT2D eigenvalue weighted by atomic mass is 35.5. The first-order chi connectivity index (χ1) is 11.3. The van der Waals surface area contributed by atoms with E-state index in [2.05, 4.69) is 0 Å². The van der Waals surface area contributed by atoms with Crippen molar-refractivity contribution in [2.45, 2.75) is 12.5 Å². The summed E-state index contributed by atoms with van der Waals surface area (Å²) in [4.78, 5) is 11.2. The van der Waals surface area contributed by atoms with Gasteiger partial charge < -0.3 is 24.1 Å². The van der Waals surface area contributed by atoms with Gasteiger partial charge in [-0.05, 0) is 6.92 Å². The molecule has 0 aromatic carbocycles. The van der Waals surface area contributed by atoms with Crippen LogP contribution in [0.15, 0.2) is 0 Å². The second-order valence-corrected chi connectivity index (χ2v) is 8.01. The quantitative estimate of drug-likeness (QED) is 0.340. The second-order valence-electron chi connectivity index (χ2n) is 5.49. The lowest BCUT2D eigenvalue weighted by Crippen LogP contribution is -2.45. The third-order valence-electron chi connectivity index (χ3n) is 3.19. The van der Waals surface area contributed by atoms with Crippen LogP contribution in [0.3, 0.4) is 0 Å². The molecule has 1 fully saturated rings. The number of carbonyl (C=O) groups excluding carboxylic acids is 1. The zero-order valence-electron chi connectivity index (χ0n) is 13.6. The molecule has 0 radical (unpaired) electrons. The summed E-state index contributed by atoms with van der Waals surface area (Å²) in [6, 6.07) is 0. The highest BCUT2D eigenvalue weighted by Gasteiger charge is 2.46. The van der Waals surface area contributed by atoms with Crippen LogP contribution in [0.5, 0.6) is 0 Å². The Morgan fingerprint density at radius 1 is 1.17 bits per heavy atom. The molecule has 0 bridgehead atoms.